The van der Waals surface area contributed by atoms with Crippen LogP contribution in [0.5, 0.6) is 11.5 Å². The minimum absolute atomic E-state index is 0.0986. The summed E-state index contributed by atoms with van der Waals surface area (Å²) in [5.74, 6) is 0.550. The number of aryl methyl sites for hydroxylation is 1. The molecule has 2 aromatic carbocycles. The monoisotopic (exact) mass is 417 g/mol. The van der Waals surface area contributed by atoms with Gasteiger partial charge in [0.05, 0.1) is 19.8 Å². The van der Waals surface area contributed by atoms with Crippen LogP contribution in [0.25, 0.3) is 0 Å². The second kappa shape index (κ2) is 10.5. The molecule has 7 heteroatoms. The average Bonchev–Trinajstić information content (AvgIpc) is 2.68. The molecule has 0 radical (unpaired) electrons. The van der Waals surface area contributed by atoms with Gasteiger partial charge in [0.15, 0.2) is 6.61 Å². The Morgan fingerprint density at radius 3 is 2.69 bits per heavy atom. The van der Waals surface area contributed by atoms with Gasteiger partial charge in [-0.05, 0) is 61.4 Å². The van der Waals surface area contributed by atoms with Crippen molar-refractivity contribution >= 4 is 17.7 Å². The van der Waals surface area contributed by atoms with E-state index in [-0.39, 0.29) is 18.3 Å². The minimum Gasteiger partial charge on any atom is -0.508 e. The molecule has 0 aromatic heterocycles. The maximum absolute atomic E-state index is 11.5. The van der Waals surface area contributed by atoms with Crippen molar-refractivity contribution in [3.8, 4) is 11.5 Å². The van der Waals surface area contributed by atoms with Gasteiger partial charge >= 0.3 is 5.97 Å². The molecule has 1 aliphatic rings. The van der Waals surface area contributed by atoms with Crippen LogP contribution >= 0.6 is 11.8 Å². The fraction of sp³-hybridized carbons (Fsp3) is 0.409. The molecule has 1 N–H and O–H groups in total. The summed E-state index contributed by atoms with van der Waals surface area (Å²) in [5, 5.41) is 10.1. The number of esters is 1. The average molecular weight is 418 g/mol. The van der Waals surface area contributed by atoms with Crippen molar-refractivity contribution < 1.29 is 24.1 Å². The van der Waals surface area contributed by atoms with Crippen molar-refractivity contribution in [1.82, 2.24) is 4.90 Å². The van der Waals surface area contributed by atoms with Crippen molar-refractivity contribution in [3.05, 3.63) is 47.5 Å². The molecule has 0 unspecified atom stereocenters. The number of rotatable bonds is 8. The quantitative estimate of drug-likeness (QED) is 0.658. The zero-order chi connectivity index (χ0) is 20.6. The van der Waals surface area contributed by atoms with Crippen LogP contribution in [-0.2, 0) is 20.8 Å². The van der Waals surface area contributed by atoms with E-state index in [1.807, 2.05) is 31.2 Å². The fourth-order valence-corrected chi connectivity index (χ4v) is 4.17. The maximum Gasteiger partial charge on any atom is 0.344 e. The van der Waals surface area contributed by atoms with Crippen molar-refractivity contribution in [3.63, 3.8) is 0 Å². The highest BCUT2D eigenvalue weighted by atomic mass is 32.2. The number of aromatic hydroxyl groups is 1. The van der Waals surface area contributed by atoms with Gasteiger partial charge in [-0.25, -0.2) is 4.79 Å². The number of nitrogens with zero attached hydrogens (tertiary/aromatic N) is 1. The lowest BCUT2D eigenvalue weighted by Crippen LogP contribution is -2.35. The lowest BCUT2D eigenvalue weighted by molar-refractivity contribution is -0.145. The molecule has 29 heavy (non-hydrogen) atoms. The van der Waals surface area contributed by atoms with Gasteiger partial charge in [0.25, 0.3) is 0 Å². The molecular weight excluding hydrogens is 390 g/mol. The van der Waals surface area contributed by atoms with Gasteiger partial charge in [-0.2, -0.15) is 0 Å². The van der Waals surface area contributed by atoms with Gasteiger partial charge in [0.1, 0.15) is 11.5 Å². The van der Waals surface area contributed by atoms with Gasteiger partial charge < -0.3 is 19.3 Å². The van der Waals surface area contributed by atoms with Crippen LogP contribution in [0, 0.1) is 6.92 Å². The van der Waals surface area contributed by atoms with Crippen LogP contribution in [0.3, 0.4) is 0 Å². The van der Waals surface area contributed by atoms with E-state index in [9.17, 15) is 9.90 Å². The Balaban J connectivity index is 1.64. The van der Waals surface area contributed by atoms with Crippen molar-refractivity contribution in [2.75, 3.05) is 39.5 Å². The first-order valence-electron chi connectivity index (χ1n) is 9.73. The molecule has 1 heterocycles. The van der Waals surface area contributed by atoms with Crippen LogP contribution < -0.4 is 4.74 Å². The number of hydrogen-bond donors (Lipinski definition) is 1. The Morgan fingerprint density at radius 1 is 1.17 bits per heavy atom. The summed E-state index contributed by atoms with van der Waals surface area (Å²) in [5.41, 5.74) is 2.02. The molecular formula is C22H27NO5S. The number of hydrogen-bond acceptors (Lipinski definition) is 7. The number of benzene rings is 2. The predicted molar refractivity (Wildman–Crippen MR) is 112 cm³/mol. The zero-order valence-electron chi connectivity index (χ0n) is 16.8. The van der Waals surface area contributed by atoms with Gasteiger partial charge in [0, 0.05) is 29.4 Å². The highest BCUT2D eigenvalue weighted by Gasteiger charge is 2.12. The van der Waals surface area contributed by atoms with Crippen LogP contribution in [-0.4, -0.2) is 55.5 Å². The topological polar surface area (TPSA) is 68.2 Å². The predicted octanol–water partition coefficient (Wildman–Crippen LogP) is 3.63. The second-order valence-corrected chi connectivity index (χ2v) is 7.99. The normalized spacial score (nSPS) is 14.6. The Labute approximate surface area is 175 Å². The summed E-state index contributed by atoms with van der Waals surface area (Å²) in [6.07, 6.45) is 0. The molecule has 0 saturated carbocycles. The third-order valence-corrected chi connectivity index (χ3v) is 5.45. The van der Waals surface area contributed by atoms with Gasteiger partial charge in [-0.1, -0.05) is 11.8 Å². The van der Waals surface area contributed by atoms with E-state index in [2.05, 4.69) is 11.0 Å². The first kappa shape index (κ1) is 21.5. The molecule has 3 rings (SSSR count). The molecule has 1 saturated heterocycles. The van der Waals surface area contributed by atoms with Crippen molar-refractivity contribution in [2.45, 2.75) is 30.2 Å². The van der Waals surface area contributed by atoms with E-state index in [0.29, 0.717) is 12.4 Å². The highest BCUT2D eigenvalue weighted by Crippen LogP contribution is 2.34. The molecule has 0 amide bonds. The molecule has 2 aromatic rings. The summed E-state index contributed by atoms with van der Waals surface area (Å²) in [6.45, 7) is 8.07. The SMILES string of the molecule is CCOC(=O)COc1ccc(Sc2cc(O)cc(CN3CCOCC3)c2)cc1C. The van der Waals surface area contributed by atoms with E-state index < -0.39 is 0 Å². The summed E-state index contributed by atoms with van der Waals surface area (Å²) in [6, 6.07) is 11.5. The Kier molecular flexibility index (Phi) is 7.80. The Hall–Kier alpha value is -2.22. The second-order valence-electron chi connectivity index (χ2n) is 6.85. The van der Waals surface area contributed by atoms with E-state index in [1.165, 1.54) is 0 Å². The van der Waals surface area contributed by atoms with Crippen LogP contribution in [0.15, 0.2) is 46.2 Å². The molecule has 1 aliphatic heterocycles. The smallest absolute Gasteiger partial charge is 0.344 e. The summed E-state index contributed by atoms with van der Waals surface area (Å²) >= 11 is 1.58. The molecule has 1 fully saturated rings. The summed E-state index contributed by atoms with van der Waals surface area (Å²) in [4.78, 5) is 15.8. The fourth-order valence-electron chi connectivity index (χ4n) is 3.13. The highest BCUT2D eigenvalue weighted by molar-refractivity contribution is 7.99. The molecule has 0 atom stereocenters. The third kappa shape index (κ3) is 6.66. The zero-order valence-corrected chi connectivity index (χ0v) is 17.7. The number of phenols is 1. The van der Waals surface area contributed by atoms with Crippen LogP contribution in [0.1, 0.15) is 18.1 Å². The van der Waals surface area contributed by atoms with Crippen LogP contribution in [0.4, 0.5) is 0 Å². The molecule has 156 valence electrons. The first-order valence-corrected chi connectivity index (χ1v) is 10.5. The number of phenolic OH excluding ortho intramolecular Hbond substituents is 1. The standard InChI is InChI=1S/C22H27NO5S/c1-3-27-22(25)15-28-21-5-4-19(10-16(21)2)29-20-12-17(11-18(24)13-20)14-23-6-8-26-9-7-23/h4-5,10-13,24H,3,6-9,14-15H2,1-2H3. The van der Waals surface area contributed by atoms with E-state index >= 15 is 0 Å². The molecule has 6 nitrogen and oxygen atoms in total. The Morgan fingerprint density at radius 2 is 1.97 bits per heavy atom. The number of morpholine rings is 1. The number of ether oxygens (including phenoxy) is 3. The van der Waals surface area contributed by atoms with Crippen molar-refractivity contribution in [2.24, 2.45) is 0 Å². The van der Waals surface area contributed by atoms with E-state index in [1.54, 1.807) is 24.8 Å². The van der Waals surface area contributed by atoms with Crippen LogP contribution in [0.2, 0.25) is 0 Å². The lowest BCUT2D eigenvalue weighted by atomic mass is 10.2. The summed E-state index contributed by atoms with van der Waals surface area (Å²) < 4.78 is 15.8. The lowest BCUT2D eigenvalue weighted by Gasteiger charge is -2.26. The maximum atomic E-state index is 11.5. The van der Waals surface area contributed by atoms with Gasteiger partial charge in [-0.3, -0.25) is 4.90 Å². The molecule has 0 spiro atoms. The molecule has 0 aliphatic carbocycles. The van der Waals surface area contributed by atoms with E-state index in [0.717, 1.165) is 53.8 Å². The Bertz CT molecular complexity index is 836. The first-order chi connectivity index (χ1) is 14.0. The van der Waals surface area contributed by atoms with Gasteiger partial charge in [0.2, 0.25) is 0 Å². The largest absolute Gasteiger partial charge is 0.508 e. The van der Waals surface area contributed by atoms with Gasteiger partial charge in [-0.15, -0.1) is 0 Å². The summed E-state index contributed by atoms with van der Waals surface area (Å²) in [7, 11) is 0. The number of carbonyl (C=O) groups excluding carboxylic acids is 1. The third-order valence-electron chi connectivity index (χ3n) is 4.49. The minimum atomic E-state index is -0.377. The van der Waals surface area contributed by atoms with Crippen molar-refractivity contribution in [1.29, 1.82) is 0 Å². The van der Waals surface area contributed by atoms with E-state index in [4.69, 9.17) is 14.2 Å². The number of carbonyl (C=O) groups is 1. The molecule has 0 bridgehead atoms.